The van der Waals surface area contributed by atoms with Gasteiger partial charge in [0.15, 0.2) is 0 Å². The van der Waals surface area contributed by atoms with Gasteiger partial charge >= 0.3 is 5.97 Å². The summed E-state index contributed by atoms with van der Waals surface area (Å²) in [7, 11) is 4.03. The molecule has 2 aromatic carbocycles. The van der Waals surface area contributed by atoms with E-state index >= 15 is 0 Å². The Morgan fingerprint density at radius 2 is 1.71 bits per heavy atom. The molecule has 2 aromatic rings. The summed E-state index contributed by atoms with van der Waals surface area (Å²) in [4.78, 5) is 24.2. The smallest absolute Gasteiger partial charge is 0.328 e. The molecule has 0 spiro atoms. The third-order valence-corrected chi connectivity index (χ3v) is 4.03. The molecule has 0 radical (unpaired) electrons. The minimum Gasteiger partial charge on any atom is -0.478 e. The van der Waals surface area contributed by atoms with E-state index in [1.807, 2.05) is 32.3 Å². The van der Waals surface area contributed by atoms with E-state index in [-0.39, 0.29) is 0 Å². The zero-order valence-electron chi connectivity index (χ0n) is 13.5. The quantitative estimate of drug-likeness (QED) is 0.725. The number of hydrogen-bond acceptors (Lipinski definition) is 3. The SMILES string of the molecule is CN(C)c1ccc2c(c1)Cc1cc(NC(=O)C=CC(=O)O)ccc1-2. The molecule has 0 aromatic heterocycles. The lowest BCUT2D eigenvalue weighted by atomic mass is 10.0. The molecule has 5 heteroatoms. The number of nitrogens with zero attached hydrogens (tertiary/aromatic N) is 1. The predicted molar refractivity (Wildman–Crippen MR) is 94.4 cm³/mol. The van der Waals surface area contributed by atoms with Crippen LogP contribution in [-0.2, 0) is 16.0 Å². The number of anilines is 2. The van der Waals surface area contributed by atoms with Crippen molar-refractivity contribution in [2.24, 2.45) is 0 Å². The molecule has 24 heavy (non-hydrogen) atoms. The van der Waals surface area contributed by atoms with Crippen molar-refractivity contribution in [3.63, 3.8) is 0 Å². The van der Waals surface area contributed by atoms with Crippen molar-refractivity contribution >= 4 is 23.3 Å². The number of nitrogens with one attached hydrogen (secondary N) is 1. The molecule has 122 valence electrons. The molecule has 0 aliphatic heterocycles. The van der Waals surface area contributed by atoms with Crippen LogP contribution in [0.25, 0.3) is 11.1 Å². The topological polar surface area (TPSA) is 69.6 Å². The first-order chi connectivity index (χ1) is 11.4. The van der Waals surface area contributed by atoms with E-state index in [1.165, 1.54) is 16.7 Å². The number of fused-ring (bicyclic) bond motifs is 3. The number of carbonyl (C=O) groups is 2. The van der Waals surface area contributed by atoms with Crippen molar-refractivity contribution in [1.82, 2.24) is 0 Å². The summed E-state index contributed by atoms with van der Waals surface area (Å²) in [5.74, 6) is -1.60. The van der Waals surface area contributed by atoms with Crippen LogP contribution in [0.5, 0.6) is 0 Å². The van der Waals surface area contributed by atoms with E-state index in [1.54, 1.807) is 0 Å². The number of benzene rings is 2. The Labute approximate surface area is 140 Å². The van der Waals surface area contributed by atoms with Gasteiger partial charge in [-0.3, -0.25) is 4.79 Å². The second-order valence-corrected chi connectivity index (χ2v) is 5.95. The van der Waals surface area contributed by atoms with Gasteiger partial charge in [-0.25, -0.2) is 4.79 Å². The summed E-state index contributed by atoms with van der Waals surface area (Å²) >= 11 is 0. The summed E-state index contributed by atoms with van der Waals surface area (Å²) in [5, 5.41) is 11.2. The van der Waals surface area contributed by atoms with Gasteiger partial charge in [-0.2, -0.15) is 0 Å². The van der Waals surface area contributed by atoms with Crippen LogP contribution < -0.4 is 10.2 Å². The standard InChI is InChI=1S/C19H18N2O3/c1-21(2)15-4-6-17-13(11-15)9-12-10-14(3-5-16(12)17)20-18(22)7-8-19(23)24/h3-8,10-11H,9H2,1-2H3,(H,20,22)(H,23,24). The minimum atomic E-state index is -1.15. The van der Waals surface area contributed by atoms with Gasteiger partial charge in [0.2, 0.25) is 5.91 Å². The number of carboxylic acids is 1. The Kier molecular flexibility index (Phi) is 4.08. The highest BCUT2D eigenvalue weighted by atomic mass is 16.4. The monoisotopic (exact) mass is 322 g/mol. The Balaban J connectivity index is 1.82. The van der Waals surface area contributed by atoms with E-state index in [0.29, 0.717) is 5.69 Å². The number of carboxylic acid groups (broad SMARTS) is 1. The summed E-state index contributed by atoms with van der Waals surface area (Å²) in [5.41, 5.74) is 6.64. The Morgan fingerprint density at radius 1 is 1.04 bits per heavy atom. The first-order valence-electron chi connectivity index (χ1n) is 7.59. The van der Waals surface area contributed by atoms with Crippen molar-refractivity contribution < 1.29 is 14.7 Å². The highest BCUT2D eigenvalue weighted by Crippen LogP contribution is 2.39. The number of hydrogen-bond donors (Lipinski definition) is 2. The zero-order chi connectivity index (χ0) is 17.3. The average molecular weight is 322 g/mol. The van der Waals surface area contributed by atoms with Crippen molar-refractivity contribution in [2.45, 2.75) is 6.42 Å². The van der Waals surface area contributed by atoms with Crippen molar-refractivity contribution in [1.29, 1.82) is 0 Å². The van der Waals surface area contributed by atoms with E-state index in [9.17, 15) is 9.59 Å². The Bertz CT molecular complexity index is 854. The van der Waals surface area contributed by atoms with Gasteiger partial charge in [0.25, 0.3) is 0 Å². The van der Waals surface area contributed by atoms with Crippen LogP contribution in [0.1, 0.15) is 11.1 Å². The van der Waals surface area contributed by atoms with Crippen molar-refractivity contribution in [3.8, 4) is 11.1 Å². The lowest BCUT2D eigenvalue weighted by molar-refractivity contribution is -0.131. The molecule has 1 amide bonds. The molecule has 3 rings (SSSR count). The first-order valence-corrected chi connectivity index (χ1v) is 7.59. The Morgan fingerprint density at radius 3 is 2.38 bits per heavy atom. The van der Waals surface area contributed by atoms with Gasteiger partial charge < -0.3 is 15.3 Å². The van der Waals surface area contributed by atoms with Crippen molar-refractivity contribution in [3.05, 3.63) is 59.7 Å². The van der Waals surface area contributed by atoms with Gasteiger partial charge in [0.1, 0.15) is 0 Å². The van der Waals surface area contributed by atoms with Crippen LogP contribution >= 0.6 is 0 Å². The molecule has 0 bridgehead atoms. The normalized spacial score (nSPS) is 11.9. The first kappa shape index (κ1) is 15.8. The maximum Gasteiger partial charge on any atom is 0.328 e. The van der Waals surface area contributed by atoms with Crippen LogP contribution in [-0.4, -0.2) is 31.1 Å². The van der Waals surface area contributed by atoms with Crippen LogP contribution in [0.2, 0.25) is 0 Å². The molecule has 0 saturated heterocycles. The molecule has 2 N–H and O–H groups in total. The highest BCUT2D eigenvalue weighted by Gasteiger charge is 2.19. The molecule has 0 heterocycles. The van der Waals surface area contributed by atoms with Crippen LogP contribution in [0.4, 0.5) is 11.4 Å². The lowest BCUT2D eigenvalue weighted by Gasteiger charge is -2.13. The summed E-state index contributed by atoms with van der Waals surface area (Å²) in [6.07, 6.45) is 2.65. The van der Waals surface area contributed by atoms with Crippen LogP contribution in [0, 0.1) is 0 Å². The molecule has 1 aliphatic carbocycles. The second-order valence-electron chi connectivity index (χ2n) is 5.95. The summed E-state index contributed by atoms with van der Waals surface area (Å²) in [6.45, 7) is 0. The highest BCUT2D eigenvalue weighted by molar-refractivity contribution is 6.02. The van der Waals surface area contributed by atoms with Gasteiger partial charge in [-0.15, -0.1) is 0 Å². The molecule has 1 aliphatic rings. The number of amides is 1. The molecular weight excluding hydrogens is 304 g/mol. The van der Waals surface area contributed by atoms with E-state index in [4.69, 9.17) is 5.11 Å². The minimum absolute atomic E-state index is 0.456. The molecule has 0 unspecified atom stereocenters. The van der Waals surface area contributed by atoms with Gasteiger partial charge in [0.05, 0.1) is 0 Å². The zero-order valence-corrected chi connectivity index (χ0v) is 13.5. The van der Waals surface area contributed by atoms with Gasteiger partial charge in [0, 0.05) is 37.6 Å². The molecule has 5 nitrogen and oxygen atoms in total. The average Bonchev–Trinajstić information content (AvgIpc) is 2.89. The fourth-order valence-corrected chi connectivity index (χ4v) is 2.88. The summed E-state index contributed by atoms with van der Waals surface area (Å²) < 4.78 is 0. The molecule has 0 atom stereocenters. The maximum atomic E-state index is 11.7. The number of carbonyl (C=O) groups excluding carboxylic acids is 1. The molecule has 0 fully saturated rings. The van der Waals surface area contributed by atoms with Crippen LogP contribution in [0.15, 0.2) is 48.6 Å². The number of aliphatic carboxylic acids is 1. The summed E-state index contributed by atoms with van der Waals surface area (Å²) in [6, 6.07) is 12.2. The second kappa shape index (κ2) is 6.20. The van der Waals surface area contributed by atoms with E-state index < -0.39 is 11.9 Å². The molecule has 0 saturated carbocycles. The Hall–Kier alpha value is -3.08. The predicted octanol–water partition coefficient (Wildman–Crippen LogP) is 2.90. The third-order valence-electron chi connectivity index (χ3n) is 4.03. The van der Waals surface area contributed by atoms with E-state index in [0.717, 1.165) is 29.8 Å². The lowest BCUT2D eigenvalue weighted by Crippen LogP contribution is -2.08. The number of rotatable bonds is 4. The largest absolute Gasteiger partial charge is 0.478 e. The van der Waals surface area contributed by atoms with Crippen LogP contribution in [0.3, 0.4) is 0 Å². The molecular formula is C19H18N2O3. The maximum absolute atomic E-state index is 11.7. The van der Waals surface area contributed by atoms with Gasteiger partial charge in [-0.1, -0.05) is 12.1 Å². The fraction of sp³-hybridized carbons (Fsp3) is 0.158. The van der Waals surface area contributed by atoms with E-state index in [2.05, 4.69) is 28.4 Å². The third kappa shape index (κ3) is 3.15. The van der Waals surface area contributed by atoms with Crippen molar-refractivity contribution in [2.75, 3.05) is 24.3 Å². The van der Waals surface area contributed by atoms with Gasteiger partial charge in [-0.05, 0) is 52.9 Å². The fourth-order valence-electron chi connectivity index (χ4n) is 2.88.